The lowest BCUT2D eigenvalue weighted by atomic mass is 10.3. The highest BCUT2D eigenvalue weighted by atomic mass is 35.5. The number of aryl methyl sites for hydroxylation is 1. The van der Waals surface area contributed by atoms with Crippen LogP contribution in [0.1, 0.15) is 18.4 Å². The fourth-order valence-corrected chi connectivity index (χ4v) is 2.49. The zero-order chi connectivity index (χ0) is 15.7. The maximum atomic E-state index is 13.6. The SMILES string of the molecule is Cc1cc(CN(CC(C)F)c2ccnc3c(Cl)cnn23)no1. The van der Waals surface area contributed by atoms with Gasteiger partial charge in [0.1, 0.15) is 28.5 Å². The van der Waals surface area contributed by atoms with Gasteiger partial charge in [0.25, 0.3) is 0 Å². The van der Waals surface area contributed by atoms with Gasteiger partial charge in [-0.05, 0) is 19.9 Å². The van der Waals surface area contributed by atoms with Gasteiger partial charge in [0, 0.05) is 12.3 Å². The minimum Gasteiger partial charge on any atom is -0.361 e. The molecule has 116 valence electrons. The van der Waals surface area contributed by atoms with Gasteiger partial charge in [-0.25, -0.2) is 9.37 Å². The summed E-state index contributed by atoms with van der Waals surface area (Å²) >= 11 is 6.05. The molecule has 8 heteroatoms. The van der Waals surface area contributed by atoms with Crippen LogP contribution in [-0.4, -0.2) is 32.5 Å². The van der Waals surface area contributed by atoms with Crippen LogP contribution < -0.4 is 4.90 Å². The fourth-order valence-electron chi connectivity index (χ4n) is 2.32. The quantitative estimate of drug-likeness (QED) is 0.722. The smallest absolute Gasteiger partial charge is 0.176 e. The molecular weight excluding hydrogens is 309 g/mol. The van der Waals surface area contributed by atoms with Gasteiger partial charge in [-0.1, -0.05) is 16.8 Å². The molecule has 0 radical (unpaired) electrons. The number of fused-ring (bicyclic) bond motifs is 1. The number of hydrogen-bond acceptors (Lipinski definition) is 5. The molecule has 0 saturated heterocycles. The molecule has 6 nitrogen and oxygen atoms in total. The zero-order valence-corrected chi connectivity index (χ0v) is 13.0. The summed E-state index contributed by atoms with van der Waals surface area (Å²) in [5.41, 5.74) is 1.26. The molecule has 0 spiro atoms. The van der Waals surface area contributed by atoms with E-state index < -0.39 is 6.17 Å². The van der Waals surface area contributed by atoms with E-state index >= 15 is 0 Å². The first-order valence-electron chi connectivity index (χ1n) is 6.84. The van der Waals surface area contributed by atoms with E-state index in [4.69, 9.17) is 16.1 Å². The van der Waals surface area contributed by atoms with Crippen molar-refractivity contribution >= 4 is 23.1 Å². The van der Waals surface area contributed by atoms with Crippen molar-refractivity contribution in [3.63, 3.8) is 0 Å². The predicted molar refractivity (Wildman–Crippen MR) is 80.9 cm³/mol. The maximum absolute atomic E-state index is 13.6. The number of anilines is 1. The number of hydrogen-bond donors (Lipinski definition) is 0. The van der Waals surface area contributed by atoms with Crippen molar-refractivity contribution in [1.29, 1.82) is 0 Å². The summed E-state index contributed by atoms with van der Waals surface area (Å²) in [7, 11) is 0. The summed E-state index contributed by atoms with van der Waals surface area (Å²) < 4.78 is 20.3. The first-order chi connectivity index (χ1) is 10.5. The van der Waals surface area contributed by atoms with Crippen molar-refractivity contribution in [3.8, 4) is 0 Å². The van der Waals surface area contributed by atoms with Crippen LogP contribution in [0.3, 0.4) is 0 Å². The van der Waals surface area contributed by atoms with Gasteiger partial charge in [0.05, 0.1) is 19.3 Å². The summed E-state index contributed by atoms with van der Waals surface area (Å²) in [5, 5.41) is 8.62. The molecule has 3 heterocycles. The second-order valence-corrected chi connectivity index (χ2v) is 5.53. The second-order valence-electron chi connectivity index (χ2n) is 5.12. The number of rotatable bonds is 5. The molecule has 0 aromatic carbocycles. The third-order valence-electron chi connectivity index (χ3n) is 3.16. The zero-order valence-electron chi connectivity index (χ0n) is 12.2. The van der Waals surface area contributed by atoms with Crippen molar-refractivity contribution in [2.45, 2.75) is 26.6 Å². The van der Waals surface area contributed by atoms with E-state index in [2.05, 4.69) is 15.2 Å². The molecule has 0 saturated carbocycles. The Kier molecular flexibility index (Phi) is 3.98. The Morgan fingerprint density at radius 2 is 2.32 bits per heavy atom. The van der Waals surface area contributed by atoms with E-state index in [0.717, 1.165) is 5.69 Å². The largest absolute Gasteiger partial charge is 0.361 e. The monoisotopic (exact) mass is 323 g/mol. The Morgan fingerprint density at radius 3 is 3.00 bits per heavy atom. The van der Waals surface area contributed by atoms with Gasteiger partial charge in [-0.2, -0.15) is 9.61 Å². The number of nitrogens with zero attached hydrogens (tertiary/aromatic N) is 5. The van der Waals surface area contributed by atoms with Crippen molar-refractivity contribution in [1.82, 2.24) is 19.8 Å². The Balaban J connectivity index is 2.00. The minimum absolute atomic E-state index is 0.197. The maximum Gasteiger partial charge on any atom is 0.176 e. The van der Waals surface area contributed by atoms with Crippen molar-refractivity contribution in [2.75, 3.05) is 11.4 Å². The van der Waals surface area contributed by atoms with E-state index in [-0.39, 0.29) is 6.54 Å². The lowest BCUT2D eigenvalue weighted by Crippen LogP contribution is -2.30. The Bertz CT molecular complexity index is 784. The third kappa shape index (κ3) is 2.89. The molecule has 3 rings (SSSR count). The Labute approximate surface area is 131 Å². The first kappa shape index (κ1) is 14.8. The van der Waals surface area contributed by atoms with E-state index in [1.165, 1.54) is 13.1 Å². The number of alkyl halides is 1. The molecular formula is C14H15ClFN5O. The van der Waals surface area contributed by atoms with Crippen molar-refractivity contribution < 1.29 is 8.91 Å². The van der Waals surface area contributed by atoms with Crippen molar-refractivity contribution in [2.24, 2.45) is 0 Å². The number of aromatic nitrogens is 4. The normalized spacial score (nSPS) is 12.7. The highest BCUT2D eigenvalue weighted by Gasteiger charge is 2.17. The van der Waals surface area contributed by atoms with Gasteiger partial charge in [-0.3, -0.25) is 0 Å². The van der Waals surface area contributed by atoms with Gasteiger partial charge in [-0.15, -0.1) is 0 Å². The van der Waals surface area contributed by atoms with Crippen LogP contribution in [0.5, 0.6) is 0 Å². The van der Waals surface area contributed by atoms with Crippen LogP contribution in [0, 0.1) is 6.92 Å². The first-order valence-corrected chi connectivity index (χ1v) is 7.22. The summed E-state index contributed by atoms with van der Waals surface area (Å²) in [5.74, 6) is 1.41. The van der Waals surface area contributed by atoms with Crippen LogP contribution in [-0.2, 0) is 6.54 Å². The highest BCUT2D eigenvalue weighted by Crippen LogP contribution is 2.22. The predicted octanol–water partition coefficient (Wildman–Crippen LogP) is 3.04. The molecule has 0 aliphatic rings. The Morgan fingerprint density at radius 1 is 1.50 bits per heavy atom. The molecule has 0 aliphatic heterocycles. The molecule has 3 aromatic heterocycles. The van der Waals surface area contributed by atoms with Crippen molar-refractivity contribution in [3.05, 3.63) is 41.0 Å². The highest BCUT2D eigenvalue weighted by molar-refractivity contribution is 6.33. The van der Waals surface area contributed by atoms with Gasteiger partial charge in [0.2, 0.25) is 0 Å². The van der Waals surface area contributed by atoms with E-state index in [9.17, 15) is 4.39 Å². The molecule has 0 fully saturated rings. The summed E-state index contributed by atoms with van der Waals surface area (Å²) in [6.07, 6.45) is 2.13. The standard InChI is InChI=1S/C14H15ClFN5O/c1-9(16)7-20(8-11-5-10(2)22-19-11)13-3-4-17-14-12(15)6-18-21(13)14/h3-6,9H,7-8H2,1-2H3. The topological polar surface area (TPSA) is 59.5 Å². The molecule has 0 aliphatic carbocycles. The molecule has 0 N–H and O–H groups in total. The minimum atomic E-state index is -1.01. The van der Waals surface area contributed by atoms with Crippen LogP contribution in [0.4, 0.5) is 10.2 Å². The average molecular weight is 324 g/mol. The lowest BCUT2D eigenvalue weighted by molar-refractivity contribution is 0.356. The summed E-state index contributed by atoms with van der Waals surface area (Å²) in [6, 6.07) is 3.59. The van der Waals surface area contributed by atoms with Crippen LogP contribution >= 0.6 is 11.6 Å². The van der Waals surface area contributed by atoms with Gasteiger partial charge < -0.3 is 9.42 Å². The van der Waals surface area contributed by atoms with Gasteiger partial charge >= 0.3 is 0 Å². The fraction of sp³-hybridized carbons (Fsp3) is 0.357. The molecule has 1 unspecified atom stereocenters. The molecule has 3 aromatic rings. The average Bonchev–Trinajstić information content (AvgIpc) is 3.04. The molecule has 22 heavy (non-hydrogen) atoms. The third-order valence-corrected chi connectivity index (χ3v) is 3.43. The summed E-state index contributed by atoms with van der Waals surface area (Å²) in [4.78, 5) is 6.02. The second kappa shape index (κ2) is 5.92. The van der Waals surface area contributed by atoms with E-state index in [1.807, 2.05) is 17.9 Å². The van der Waals surface area contributed by atoms with Crippen LogP contribution in [0.15, 0.2) is 29.0 Å². The molecule has 1 atom stereocenters. The van der Waals surface area contributed by atoms with Crippen LogP contribution in [0.25, 0.3) is 5.65 Å². The van der Waals surface area contributed by atoms with E-state index in [0.29, 0.717) is 28.8 Å². The lowest BCUT2D eigenvalue weighted by Gasteiger charge is -2.24. The summed E-state index contributed by atoms with van der Waals surface area (Å²) in [6.45, 7) is 3.93. The van der Waals surface area contributed by atoms with Crippen LogP contribution in [0.2, 0.25) is 5.02 Å². The Hall–Kier alpha value is -2.15. The molecule has 0 bridgehead atoms. The number of halogens is 2. The van der Waals surface area contributed by atoms with E-state index in [1.54, 1.807) is 16.8 Å². The van der Waals surface area contributed by atoms with Gasteiger partial charge in [0.15, 0.2) is 5.65 Å². The molecule has 0 amide bonds.